The number of nitrogens with one attached hydrogen (secondary N) is 1. The Morgan fingerprint density at radius 3 is 2.56 bits per heavy atom. The highest BCUT2D eigenvalue weighted by atomic mass is 16.5. The molecule has 0 aromatic carbocycles. The molecule has 2 heterocycles. The summed E-state index contributed by atoms with van der Waals surface area (Å²) in [4.78, 5) is 51.8. The van der Waals surface area contributed by atoms with Crippen molar-refractivity contribution < 1.29 is 23.9 Å². The van der Waals surface area contributed by atoms with Gasteiger partial charge < -0.3 is 25.6 Å². The Labute approximate surface area is 159 Å². The molecule has 0 spiro atoms. The Morgan fingerprint density at radius 2 is 1.93 bits per heavy atom. The Kier molecular flexibility index (Phi) is 7.58. The first-order valence-corrected chi connectivity index (χ1v) is 9.54. The number of Topliss-reactive ketones (excluding diaryl/α,β-unsaturated/α-hetero) is 1. The van der Waals surface area contributed by atoms with Crippen LogP contribution in [0.4, 0.5) is 4.79 Å². The van der Waals surface area contributed by atoms with Gasteiger partial charge in [0.1, 0.15) is 0 Å². The number of morpholine rings is 1. The number of carbonyl (C=O) groups is 4. The number of carbonyl (C=O) groups excluding carboxylic acids is 4. The number of primary amides is 1. The maximum absolute atomic E-state index is 12.7. The zero-order valence-corrected chi connectivity index (χ0v) is 16.1. The van der Waals surface area contributed by atoms with Crippen molar-refractivity contribution in [3.63, 3.8) is 0 Å². The first-order valence-electron chi connectivity index (χ1n) is 9.54. The van der Waals surface area contributed by atoms with Gasteiger partial charge in [0.2, 0.25) is 11.8 Å². The van der Waals surface area contributed by atoms with Gasteiger partial charge in [-0.15, -0.1) is 0 Å². The molecule has 0 aromatic rings. The molecule has 152 valence electrons. The quantitative estimate of drug-likeness (QED) is 0.686. The smallest absolute Gasteiger partial charge is 0.320 e. The number of urea groups is 1. The number of likely N-dealkylation sites (tertiary alicyclic amines) is 1. The maximum atomic E-state index is 12.7. The molecule has 0 aromatic heterocycles. The van der Waals surface area contributed by atoms with Crippen LogP contribution in [0.5, 0.6) is 0 Å². The van der Waals surface area contributed by atoms with Crippen LogP contribution in [0, 0.1) is 5.92 Å². The molecule has 2 saturated heterocycles. The lowest BCUT2D eigenvalue weighted by molar-refractivity contribution is -0.128. The van der Waals surface area contributed by atoms with Crippen molar-refractivity contribution in [3.8, 4) is 0 Å². The summed E-state index contributed by atoms with van der Waals surface area (Å²) in [6.45, 7) is 5.63. The van der Waals surface area contributed by atoms with Crippen LogP contribution in [0.1, 0.15) is 39.5 Å². The van der Waals surface area contributed by atoms with Gasteiger partial charge in [-0.05, 0) is 26.2 Å². The van der Waals surface area contributed by atoms with E-state index in [9.17, 15) is 19.2 Å². The molecule has 0 unspecified atom stereocenters. The fourth-order valence-electron chi connectivity index (χ4n) is 3.26. The van der Waals surface area contributed by atoms with Gasteiger partial charge >= 0.3 is 6.03 Å². The fourth-order valence-corrected chi connectivity index (χ4v) is 3.26. The minimum Gasteiger partial charge on any atom is -0.378 e. The Balaban J connectivity index is 1.90. The van der Waals surface area contributed by atoms with Crippen LogP contribution >= 0.6 is 0 Å². The first kappa shape index (κ1) is 21.1. The number of hydrogen-bond acceptors (Lipinski definition) is 5. The number of ether oxygens (including phenoxy) is 1. The van der Waals surface area contributed by atoms with E-state index in [2.05, 4.69) is 5.32 Å². The molecule has 9 nitrogen and oxygen atoms in total. The molecule has 2 aliphatic heterocycles. The predicted octanol–water partition coefficient (Wildman–Crippen LogP) is -0.122. The molecule has 0 bridgehead atoms. The lowest BCUT2D eigenvalue weighted by Gasteiger charge is -2.34. The molecular formula is C18H30N4O5. The fraction of sp³-hybridized carbons (Fsp3) is 0.778. The molecule has 0 radical (unpaired) electrons. The van der Waals surface area contributed by atoms with E-state index in [0.717, 1.165) is 0 Å². The summed E-state index contributed by atoms with van der Waals surface area (Å²) in [6, 6.07) is -0.839. The van der Waals surface area contributed by atoms with E-state index in [1.165, 1.54) is 0 Å². The van der Waals surface area contributed by atoms with Crippen LogP contribution in [0.2, 0.25) is 0 Å². The highest BCUT2D eigenvalue weighted by Gasteiger charge is 2.34. The van der Waals surface area contributed by atoms with Gasteiger partial charge in [-0.1, -0.05) is 6.92 Å². The number of hydrogen-bond donors (Lipinski definition) is 2. The van der Waals surface area contributed by atoms with E-state index in [4.69, 9.17) is 10.5 Å². The predicted molar refractivity (Wildman–Crippen MR) is 97.7 cm³/mol. The topological polar surface area (TPSA) is 122 Å². The second kappa shape index (κ2) is 9.68. The van der Waals surface area contributed by atoms with Crippen molar-refractivity contribution in [2.45, 2.75) is 51.6 Å². The molecular weight excluding hydrogens is 352 g/mol. The molecule has 2 rings (SSSR count). The van der Waals surface area contributed by atoms with Crippen molar-refractivity contribution in [1.29, 1.82) is 0 Å². The number of rotatable bonds is 5. The van der Waals surface area contributed by atoms with E-state index in [0.29, 0.717) is 45.6 Å². The minimum absolute atomic E-state index is 0.0139. The third-order valence-electron chi connectivity index (χ3n) is 5.27. The van der Waals surface area contributed by atoms with Gasteiger partial charge in [-0.3, -0.25) is 14.4 Å². The second-order valence-corrected chi connectivity index (χ2v) is 7.36. The summed E-state index contributed by atoms with van der Waals surface area (Å²) >= 11 is 0. The zero-order valence-electron chi connectivity index (χ0n) is 16.1. The molecule has 0 aliphatic carbocycles. The number of nitrogens with zero attached hydrogens (tertiary/aromatic N) is 2. The van der Waals surface area contributed by atoms with Crippen LogP contribution in [-0.2, 0) is 19.1 Å². The monoisotopic (exact) mass is 382 g/mol. The Bertz CT molecular complexity index is 576. The standard InChI is InChI=1S/C18H30N4O5/c1-12(17(19)25)3-6-16(24)20-14-5-4-13(2)22(11-15(14)23)18(26)21-7-9-27-10-8-21/h12-14H,3-11H2,1-2H3,(H2,19,25)(H,20,24)/t12-,13+,14-/m0/s1. The second-order valence-electron chi connectivity index (χ2n) is 7.36. The van der Waals surface area contributed by atoms with E-state index in [1.807, 2.05) is 6.92 Å². The number of ketones is 1. The molecule has 4 amide bonds. The SMILES string of the molecule is C[C@@H]1CC[C@H](NC(=O)CC[C@H](C)C(N)=O)C(=O)CN1C(=O)N1CCOCC1. The van der Waals surface area contributed by atoms with Crippen molar-refractivity contribution in [2.24, 2.45) is 11.7 Å². The average Bonchev–Trinajstić information content (AvgIpc) is 2.79. The van der Waals surface area contributed by atoms with Gasteiger partial charge in [0.25, 0.3) is 0 Å². The van der Waals surface area contributed by atoms with Gasteiger partial charge in [-0.25, -0.2) is 4.79 Å². The molecule has 3 N–H and O–H groups in total. The van der Waals surface area contributed by atoms with Crippen LogP contribution in [0.25, 0.3) is 0 Å². The Morgan fingerprint density at radius 1 is 1.26 bits per heavy atom. The number of nitrogens with two attached hydrogens (primary N) is 1. The lowest BCUT2D eigenvalue weighted by atomic mass is 10.0. The van der Waals surface area contributed by atoms with Gasteiger partial charge in [-0.2, -0.15) is 0 Å². The molecule has 2 fully saturated rings. The van der Waals surface area contributed by atoms with Crippen molar-refractivity contribution >= 4 is 23.6 Å². The third-order valence-corrected chi connectivity index (χ3v) is 5.27. The van der Waals surface area contributed by atoms with Crippen molar-refractivity contribution in [3.05, 3.63) is 0 Å². The van der Waals surface area contributed by atoms with Gasteiger partial charge in [0.05, 0.1) is 25.8 Å². The zero-order chi connectivity index (χ0) is 20.0. The van der Waals surface area contributed by atoms with Crippen molar-refractivity contribution in [2.75, 3.05) is 32.8 Å². The maximum Gasteiger partial charge on any atom is 0.320 e. The lowest BCUT2D eigenvalue weighted by Crippen LogP contribution is -2.52. The Hall–Kier alpha value is -2.16. The molecule has 27 heavy (non-hydrogen) atoms. The summed E-state index contributed by atoms with van der Waals surface area (Å²) < 4.78 is 5.27. The largest absolute Gasteiger partial charge is 0.378 e. The van der Waals surface area contributed by atoms with Gasteiger partial charge in [0.15, 0.2) is 5.78 Å². The minimum atomic E-state index is -0.605. The van der Waals surface area contributed by atoms with Crippen LogP contribution in [-0.4, -0.2) is 78.4 Å². The highest BCUT2D eigenvalue weighted by Crippen LogP contribution is 2.18. The van der Waals surface area contributed by atoms with E-state index in [1.54, 1.807) is 16.7 Å². The first-order chi connectivity index (χ1) is 12.8. The normalized spacial score (nSPS) is 24.9. The molecule has 3 atom stereocenters. The molecule has 0 saturated carbocycles. The summed E-state index contributed by atoms with van der Waals surface area (Å²) in [5.41, 5.74) is 5.20. The average molecular weight is 382 g/mol. The van der Waals surface area contributed by atoms with Crippen LogP contribution in [0.15, 0.2) is 0 Å². The van der Waals surface area contributed by atoms with Gasteiger partial charge in [0, 0.05) is 31.5 Å². The molecule has 2 aliphatic rings. The number of amides is 4. The van der Waals surface area contributed by atoms with E-state index in [-0.39, 0.29) is 42.6 Å². The van der Waals surface area contributed by atoms with E-state index < -0.39 is 11.9 Å². The van der Waals surface area contributed by atoms with Crippen molar-refractivity contribution in [1.82, 2.24) is 15.1 Å². The highest BCUT2D eigenvalue weighted by molar-refractivity contribution is 5.93. The summed E-state index contributed by atoms with van der Waals surface area (Å²) in [5, 5.41) is 2.75. The van der Waals surface area contributed by atoms with E-state index >= 15 is 0 Å². The summed E-state index contributed by atoms with van der Waals surface area (Å²) in [6.07, 6.45) is 1.61. The van der Waals surface area contributed by atoms with Crippen LogP contribution < -0.4 is 11.1 Å². The third kappa shape index (κ3) is 5.92. The summed E-state index contributed by atoms with van der Waals surface area (Å²) in [5.74, 6) is -1.28. The summed E-state index contributed by atoms with van der Waals surface area (Å²) in [7, 11) is 0. The van der Waals surface area contributed by atoms with Crippen LogP contribution in [0.3, 0.4) is 0 Å². The molecule has 9 heteroatoms.